The summed E-state index contributed by atoms with van der Waals surface area (Å²) in [4.78, 5) is 28.7. The molecule has 0 saturated carbocycles. The third kappa shape index (κ3) is 2.94. The van der Waals surface area contributed by atoms with Crippen LogP contribution in [0.3, 0.4) is 0 Å². The number of carbonyl (C=O) groups excluding carboxylic acids is 1. The van der Waals surface area contributed by atoms with Crippen molar-refractivity contribution in [1.82, 2.24) is 9.47 Å². The molecule has 0 bridgehead atoms. The summed E-state index contributed by atoms with van der Waals surface area (Å²) in [5, 5.41) is 0.508. The summed E-state index contributed by atoms with van der Waals surface area (Å²) >= 11 is 1.49. The van der Waals surface area contributed by atoms with Gasteiger partial charge in [-0.3, -0.25) is 9.59 Å². The molecule has 6 heteroatoms. The van der Waals surface area contributed by atoms with Crippen LogP contribution in [0.1, 0.15) is 33.6 Å². The third-order valence-electron chi connectivity index (χ3n) is 4.87. The van der Waals surface area contributed by atoms with Crippen LogP contribution in [0.25, 0.3) is 10.1 Å². The maximum atomic E-state index is 13.1. The molecule has 4 nitrogen and oxygen atoms in total. The maximum Gasteiger partial charge on any atom is 0.260 e. The first kappa shape index (κ1) is 17.0. The van der Waals surface area contributed by atoms with Crippen LogP contribution in [0.2, 0.25) is 0 Å². The molecule has 1 fully saturated rings. The number of hydrogen-bond donors (Lipinski definition) is 0. The summed E-state index contributed by atoms with van der Waals surface area (Å²) in [7, 11) is 0. The van der Waals surface area contributed by atoms with Gasteiger partial charge in [0.25, 0.3) is 11.5 Å². The first-order valence-corrected chi connectivity index (χ1v) is 9.52. The van der Waals surface area contributed by atoms with Crippen LogP contribution in [0.15, 0.2) is 41.3 Å². The van der Waals surface area contributed by atoms with Crippen molar-refractivity contribution in [3.05, 3.63) is 68.7 Å². The van der Waals surface area contributed by atoms with Gasteiger partial charge in [0.1, 0.15) is 5.82 Å². The van der Waals surface area contributed by atoms with E-state index in [0.29, 0.717) is 17.5 Å². The van der Waals surface area contributed by atoms with Gasteiger partial charge in [0.2, 0.25) is 0 Å². The molecule has 3 aromatic rings. The number of benzene rings is 1. The Hall–Kier alpha value is -2.47. The molecular weight excluding hydrogens is 351 g/mol. The Labute approximate surface area is 154 Å². The van der Waals surface area contributed by atoms with Crippen molar-refractivity contribution in [3.63, 3.8) is 0 Å². The Morgan fingerprint density at radius 2 is 1.85 bits per heavy atom. The Bertz CT molecular complexity index is 1030. The van der Waals surface area contributed by atoms with E-state index in [1.54, 1.807) is 22.9 Å². The van der Waals surface area contributed by atoms with E-state index in [9.17, 15) is 14.0 Å². The van der Waals surface area contributed by atoms with Crippen molar-refractivity contribution in [2.24, 2.45) is 0 Å². The number of likely N-dealkylation sites (tertiary alicyclic amines) is 1. The predicted molar refractivity (Wildman–Crippen MR) is 101 cm³/mol. The Morgan fingerprint density at radius 1 is 1.15 bits per heavy atom. The molecule has 1 aliphatic rings. The highest BCUT2D eigenvalue weighted by Crippen LogP contribution is 2.30. The highest BCUT2D eigenvalue weighted by molar-refractivity contribution is 7.19. The molecule has 2 aromatic heterocycles. The van der Waals surface area contributed by atoms with E-state index in [4.69, 9.17) is 0 Å². The predicted octanol–water partition coefficient (Wildman–Crippen LogP) is 3.79. The molecule has 1 amide bonds. The van der Waals surface area contributed by atoms with E-state index in [1.165, 1.54) is 23.5 Å². The Balaban J connectivity index is 1.78. The van der Waals surface area contributed by atoms with E-state index in [-0.39, 0.29) is 17.3 Å². The highest BCUT2D eigenvalue weighted by atomic mass is 32.1. The van der Waals surface area contributed by atoms with Crippen molar-refractivity contribution < 1.29 is 9.18 Å². The first-order valence-electron chi connectivity index (χ1n) is 8.71. The lowest BCUT2D eigenvalue weighted by atomic mass is 10.1. The number of hydrogen-bond acceptors (Lipinski definition) is 3. The van der Waals surface area contributed by atoms with E-state index >= 15 is 0 Å². The first-order chi connectivity index (χ1) is 12.5. The topological polar surface area (TPSA) is 42.3 Å². The van der Waals surface area contributed by atoms with Crippen molar-refractivity contribution in [1.29, 1.82) is 0 Å². The van der Waals surface area contributed by atoms with Crippen LogP contribution in [-0.2, 0) is 6.54 Å². The van der Waals surface area contributed by atoms with Gasteiger partial charge in [-0.15, -0.1) is 11.3 Å². The molecular formula is C20H19FN2O2S. The monoisotopic (exact) mass is 370 g/mol. The van der Waals surface area contributed by atoms with Crippen LogP contribution in [0.5, 0.6) is 0 Å². The fourth-order valence-electron chi connectivity index (χ4n) is 3.51. The van der Waals surface area contributed by atoms with Gasteiger partial charge < -0.3 is 9.47 Å². The number of amides is 1. The van der Waals surface area contributed by atoms with Gasteiger partial charge in [-0.05, 0) is 43.5 Å². The lowest BCUT2D eigenvalue weighted by Crippen LogP contribution is -2.29. The number of carbonyl (C=O) groups is 1. The number of nitrogens with zero attached hydrogens (tertiary/aromatic N) is 2. The lowest BCUT2D eigenvalue weighted by molar-refractivity contribution is 0.0794. The van der Waals surface area contributed by atoms with Crippen molar-refractivity contribution >= 4 is 27.3 Å². The smallest absolute Gasteiger partial charge is 0.260 e. The van der Waals surface area contributed by atoms with Gasteiger partial charge in [-0.2, -0.15) is 0 Å². The molecule has 0 aliphatic carbocycles. The second-order valence-electron chi connectivity index (χ2n) is 6.65. The number of rotatable bonds is 3. The van der Waals surface area contributed by atoms with E-state index in [1.807, 2.05) is 17.9 Å². The normalized spacial score (nSPS) is 14.3. The summed E-state index contributed by atoms with van der Waals surface area (Å²) in [6.45, 7) is 3.76. The molecule has 0 atom stereocenters. The lowest BCUT2D eigenvalue weighted by Gasteiger charge is -2.15. The summed E-state index contributed by atoms with van der Waals surface area (Å²) < 4.78 is 15.5. The molecule has 3 heterocycles. The molecule has 4 rings (SSSR count). The van der Waals surface area contributed by atoms with Gasteiger partial charge >= 0.3 is 0 Å². The Morgan fingerprint density at radius 3 is 2.54 bits per heavy atom. The maximum absolute atomic E-state index is 13.1. The van der Waals surface area contributed by atoms with Crippen LogP contribution >= 0.6 is 11.3 Å². The average molecular weight is 370 g/mol. The van der Waals surface area contributed by atoms with Crippen LogP contribution in [0, 0.1) is 12.7 Å². The minimum atomic E-state index is -0.302. The van der Waals surface area contributed by atoms with Gasteiger partial charge in [-0.25, -0.2) is 4.39 Å². The van der Waals surface area contributed by atoms with Gasteiger partial charge in [0, 0.05) is 28.9 Å². The number of pyridine rings is 1. The summed E-state index contributed by atoms with van der Waals surface area (Å²) in [5.41, 5.74) is 1.22. The molecule has 0 radical (unpaired) electrons. The van der Waals surface area contributed by atoms with Crippen LogP contribution < -0.4 is 5.56 Å². The second-order valence-corrected chi connectivity index (χ2v) is 7.90. The zero-order valence-electron chi connectivity index (χ0n) is 14.5. The quantitative estimate of drug-likeness (QED) is 0.704. The minimum absolute atomic E-state index is 0.0390. The van der Waals surface area contributed by atoms with Crippen molar-refractivity contribution in [2.45, 2.75) is 26.3 Å². The van der Waals surface area contributed by atoms with E-state index in [0.717, 1.165) is 41.1 Å². The molecule has 1 aliphatic heterocycles. The van der Waals surface area contributed by atoms with E-state index in [2.05, 4.69) is 0 Å². The van der Waals surface area contributed by atoms with Gasteiger partial charge in [-0.1, -0.05) is 12.1 Å². The minimum Gasteiger partial charge on any atom is -0.339 e. The zero-order chi connectivity index (χ0) is 18.3. The van der Waals surface area contributed by atoms with Crippen molar-refractivity contribution in [3.8, 4) is 0 Å². The molecule has 0 N–H and O–H groups in total. The van der Waals surface area contributed by atoms with Gasteiger partial charge in [0.05, 0.1) is 17.5 Å². The molecule has 26 heavy (non-hydrogen) atoms. The molecule has 134 valence electrons. The largest absolute Gasteiger partial charge is 0.339 e. The highest BCUT2D eigenvalue weighted by Gasteiger charge is 2.26. The van der Waals surface area contributed by atoms with Crippen LogP contribution in [0.4, 0.5) is 4.39 Å². The fourth-order valence-corrected chi connectivity index (χ4v) is 4.55. The molecule has 0 unspecified atom stereocenters. The second kappa shape index (κ2) is 6.68. The SMILES string of the molecule is Cc1sc2ccn(Cc3ccc(F)cc3)c(=O)c2c1C(=O)N1CCCC1. The summed E-state index contributed by atoms with van der Waals surface area (Å²) in [6, 6.07) is 7.99. The van der Waals surface area contributed by atoms with Crippen molar-refractivity contribution in [2.75, 3.05) is 13.1 Å². The summed E-state index contributed by atoms with van der Waals surface area (Å²) in [6.07, 6.45) is 3.78. The zero-order valence-corrected chi connectivity index (χ0v) is 15.3. The molecule has 1 aromatic carbocycles. The molecule has 1 saturated heterocycles. The number of aryl methyl sites for hydroxylation is 1. The number of thiophene rings is 1. The van der Waals surface area contributed by atoms with Crippen LogP contribution in [-0.4, -0.2) is 28.5 Å². The summed E-state index contributed by atoms with van der Waals surface area (Å²) in [5.74, 6) is -0.341. The third-order valence-corrected chi connectivity index (χ3v) is 5.94. The number of halogens is 1. The van der Waals surface area contributed by atoms with Gasteiger partial charge in [0.15, 0.2) is 0 Å². The Kier molecular flexibility index (Phi) is 4.36. The number of fused-ring (bicyclic) bond motifs is 1. The standard InChI is InChI=1S/C20H19FN2O2S/c1-13-17(19(24)22-9-2-3-10-22)18-16(26-13)8-11-23(20(18)25)12-14-4-6-15(21)7-5-14/h4-8,11H,2-3,9-10,12H2,1H3. The average Bonchev–Trinajstić information content (AvgIpc) is 3.26. The van der Waals surface area contributed by atoms with E-state index < -0.39 is 0 Å². The fraction of sp³-hybridized carbons (Fsp3) is 0.300. The number of aromatic nitrogens is 1. The molecule has 0 spiro atoms.